The number of halogens is 1. The summed E-state index contributed by atoms with van der Waals surface area (Å²) in [5, 5.41) is 1.76. The van der Waals surface area contributed by atoms with Gasteiger partial charge in [-0.3, -0.25) is 0 Å². The third kappa shape index (κ3) is 3.15. The van der Waals surface area contributed by atoms with Gasteiger partial charge < -0.3 is 4.74 Å². The van der Waals surface area contributed by atoms with Crippen LogP contribution in [0.4, 0.5) is 4.79 Å². The van der Waals surface area contributed by atoms with Gasteiger partial charge >= 0.3 is 6.09 Å². The average molecular weight is 429 g/mol. The smallest absolute Gasteiger partial charge is 0.419 e. The molecule has 0 unspecified atom stereocenters. The Morgan fingerprint density at radius 1 is 1.15 bits per heavy atom. The Labute approximate surface area is 163 Å². The van der Waals surface area contributed by atoms with Gasteiger partial charge in [-0.1, -0.05) is 34.1 Å². The molecule has 2 heterocycles. The maximum Gasteiger partial charge on any atom is 0.419 e. The number of hydrogen-bond acceptors (Lipinski definition) is 4. The van der Waals surface area contributed by atoms with Gasteiger partial charge in [0, 0.05) is 9.86 Å². The molecule has 4 aromatic rings. The van der Waals surface area contributed by atoms with Gasteiger partial charge in [0.1, 0.15) is 10.6 Å². The molecule has 0 atom stereocenters. The fraction of sp³-hybridized carbons (Fsp3) is 0.200. The molecule has 0 spiro atoms. The number of ether oxygens (including phenoxy) is 1. The Morgan fingerprint density at radius 2 is 1.92 bits per heavy atom. The quantitative estimate of drug-likeness (QED) is 0.349. The summed E-state index contributed by atoms with van der Waals surface area (Å²) < 4.78 is 9.26. The molecule has 0 N–H and O–H groups in total. The lowest BCUT2D eigenvalue weighted by atomic mass is 10.2. The normalized spacial score (nSPS) is 12.0. The zero-order chi connectivity index (χ0) is 18.5. The van der Waals surface area contributed by atoms with Crippen LogP contribution in [0.1, 0.15) is 20.8 Å². The molecule has 0 radical (unpaired) electrons. The second-order valence-electron chi connectivity index (χ2n) is 7.04. The van der Waals surface area contributed by atoms with E-state index < -0.39 is 11.7 Å². The van der Waals surface area contributed by atoms with Gasteiger partial charge in [0.05, 0.1) is 21.4 Å². The number of rotatable bonds is 1. The molecule has 4 nitrogen and oxygen atoms in total. The van der Waals surface area contributed by atoms with Crippen LogP contribution in [0, 0.1) is 0 Å². The molecular formula is C20H17BrN2O2S. The Morgan fingerprint density at radius 3 is 2.65 bits per heavy atom. The minimum Gasteiger partial charge on any atom is -0.443 e. The van der Waals surface area contributed by atoms with E-state index in [1.54, 1.807) is 15.9 Å². The predicted octanol–water partition coefficient (Wildman–Crippen LogP) is 6.46. The van der Waals surface area contributed by atoms with Crippen molar-refractivity contribution in [2.45, 2.75) is 26.4 Å². The first-order valence-electron chi connectivity index (χ1n) is 8.22. The first-order valence-corrected chi connectivity index (χ1v) is 9.83. The lowest BCUT2D eigenvalue weighted by molar-refractivity contribution is 0.0547. The van der Waals surface area contributed by atoms with Crippen molar-refractivity contribution in [1.82, 2.24) is 9.55 Å². The number of benzene rings is 2. The molecule has 0 fully saturated rings. The Kier molecular flexibility index (Phi) is 4.12. The van der Waals surface area contributed by atoms with E-state index in [4.69, 9.17) is 9.72 Å². The molecule has 0 saturated heterocycles. The fourth-order valence-corrected chi connectivity index (χ4v) is 4.14. The zero-order valence-electron chi connectivity index (χ0n) is 14.6. The molecule has 0 saturated carbocycles. The summed E-state index contributed by atoms with van der Waals surface area (Å²) >= 11 is 5.06. The lowest BCUT2D eigenvalue weighted by Gasteiger charge is -2.20. The molecule has 0 aliphatic heterocycles. The molecule has 26 heavy (non-hydrogen) atoms. The maximum absolute atomic E-state index is 13.0. The van der Waals surface area contributed by atoms with Crippen molar-refractivity contribution in [2.24, 2.45) is 0 Å². The van der Waals surface area contributed by atoms with Gasteiger partial charge in [-0.05, 0) is 51.1 Å². The van der Waals surface area contributed by atoms with E-state index in [2.05, 4.69) is 15.9 Å². The summed E-state index contributed by atoms with van der Waals surface area (Å²) in [4.78, 5) is 17.7. The van der Waals surface area contributed by atoms with Gasteiger partial charge in [0.25, 0.3) is 0 Å². The van der Waals surface area contributed by atoms with Crippen LogP contribution in [-0.2, 0) is 4.74 Å². The van der Waals surface area contributed by atoms with Crippen LogP contribution in [-0.4, -0.2) is 21.2 Å². The van der Waals surface area contributed by atoms with Gasteiger partial charge in [-0.15, -0.1) is 11.3 Å². The second kappa shape index (κ2) is 6.21. The molecule has 0 amide bonds. The van der Waals surface area contributed by atoms with E-state index in [0.29, 0.717) is 0 Å². The monoisotopic (exact) mass is 428 g/mol. The van der Waals surface area contributed by atoms with Crippen LogP contribution in [0.5, 0.6) is 0 Å². The zero-order valence-corrected chi connectivity index (χ0v) is 17.0. The Balaban J connectivity index is 1.96. The van der Waals surface area contributed by atoms with E-state index >= 15 is 0 Å². The van der Waals surface area contributed by atoms with Crippen molar-refractivity contribution < 1.29 is 9.53 Å². The number of para-hydroxylation sites is 1. The molecule has 4 rings (SSSR count). The van der Waals surface area contributed by atoms with E-state index in [1.807, 2.05) is 69.3 Å². The molecule has 6 heteroatoms. The molecule has 2 aromatic carbocycles. The molecule has 0 aliphatic rings. The van der Waals surface area contributed by atoms with Crippen molar-refractivity contribution in [1.29, 1.82) is 0 Å². The van der Waals surface area contributed by atoms with Gasteiger partial charge in [-0.2, -0.15) is 0 Å². The van der Waals surface area contributed by atoms with Crippen molar-refractivity contribution in [3.8, 4) is 10.7 Å². The Bertz CT molecular complexity index is 1100. The topological polar surface area (TPSA) is 44.1 Å². The SMILES string of the molecule is CC(C)(C)OC(=O)n1c(-c2nc3ccccc3s2)cc2ccc(Br)cc21. The summed E-state index contributed by atoms with van der Waals surface area (Å²) in [7, 11) is 0. The number of carbonyl (C=O) groups excluding carboxylic acids is 1. The number of aromatic nitrogens is 2. The highest BCUT2D eigenvalue weighted by molar-refractivity contribution is 9.10. The predicted molar refractivity (Wildman–Crippen MR) is 110 cm³/mol. The van der Waals surface area contributed by atoms with Crippen LogP contribution >= 0.6 is 27.3 Å². The summed E-state index contributed by atoms with van der Waals surface area (Å²) in [5.74, 6) is 0. The number of nitrogens with zero attached hydrogens (tertiary/aromatic N) is 2. The summed E-state index contributed by atoms with van der Waals surface area (Å²) in [6, 6.07) is 15.8. The highest BCUT2D eigenvalue weighted by atomic mass is 79.9. The first kappa shape index (κ1) is 17.2. The van der Waals surface area contributed by atoms with Crippen LogP contribution in [0.15, 0.2) is 53.0 Å². The van der Waals surface area contributed by atoms with Crippen molar-refractivity contribution >= 4 is 54.5 Å². The lowest BCUT2D eigenvalue weighted by Crippen LogP contribution is -2.27. The highest BCUT2D eigenvalue weighted by Gasteiger charge is 2.24. The molecule has 132 valence electrons. The molecule has 2 aromatic heterocycles. The largest absolute Gasteiger partial charge is 0.443 e. The number of fused-ring (bicyclic) bond motifs is 2. The van der Waals surface area contributed by atoms with E-state index in [1.165, 1.54) is 0 Å². The summed E-state index contributed by atoms with van der Waals surface area (Å²) in [6.07, 6.45) is -0.403. The number of hydrogen-bond donors (Lipinski definition) is 0. The minimum atomic E-state index is -0.579. The molecule has 0 aliphatic carbocycles. The van der Waals surface area contributed by atoms with Crippen LogP contribution in [0.2, 0.25) is 0 Å². The second-order valence-corrected chi connectivity index (χ2v) is 8.98. The van der Waals surface area contributed by atoms with E-state index in [9.17, 15) is 4.79 Å². The van der Waals surface area contributed by atoms with Gasteiger partial charge in [0.15, 0.2) is 0 Å². The van der Waals surface area contributed by atoms with Crippen molar-refractivity contribution in [3.05, 3.63) is 53.0 Å². The molecular weight excluding hydrogens is 412 g/mol. The Hall–Kier alpha value is -2.18. The van der Waals surface area contributed by atoms with Crippen LogP contribution < -0.4 is 0 Å². The third-order valence-electron chi connectivity index (χ3n) is 3.86. The molecule has 0 bridgehead atoms. The van der Waals surface area contributed by atoms with E-state index in [0.717, 1.165) is 36.3 Å². The number of thiazole rings is 1. The van der Waals surface area contributed by atoms with Gasteiger partial charge in [0.2, 0.25) is 0 Å². The van der Waals surface area contributed by atoms with Crippen molar-refractivity contribution in [3.63, 3.8) is 0 Å². The summed E-state index contributed by atoms with van der Waals surface area (Å²) in [6.45, 7) is 5.59. The minimum absolute atomic E-state index is 0.403. The fourth-order valence-electron chi connectivity index (χ4n) is 2.82. The van der Waals surface area contributed by atoms with Crippen molar-refractivity contribution in [2.75, 3.05) is 0 Å². The standard InChI is InChI=1S/C20H17BrN2O2S/c1-20(2,3)25-19(24)23-15-11-13(21)9-8-12(15)10-16(23)18-22-14-6-4-5-7-17(14)26-18/h4-11H,1-3H3. The highest BCUT2D eigenvalue weighted by Crippen LogP contribution is 2.35. The first-order chi connectivity index (χ1) is 12.3. The van der Waals surface area contributed by atoms with Crippen LogP contribution in [0.3, 0.4) is 0 Å². The number of carbonyl (C=O) groups is 1. The average Bonchev–Trinajstić information content (AvgIpc) is 3.13. The summed E-state index contributed by atoms with van der Waals surface area (Å²) in [5.41, 5.74) is 1.89. The van der Waals surface area contributed by atoms with E-state index in [-0.39, 0.29) is 0 Å². The van der Waals surface area contributed by atoms with Gasteiger partial charge in [-0.25, -0.2) is 14.3 Å². The third-order valence-corrected chi connectivity index (χ3v) is 5.41. The van der Waals surface area contributed by atoms with Crippen LogP contribution in [0.25, 0.3) is 31.8 Å². The maximum atomic E-state index is 13.0.